The Balaban J connectivity index is 1.46. The molecule has 5 heteroatoms. The van der Waals surface area contributed by atoms with Gasteiger partial charge in [0.2, 0.25) is 0 Å². The second-order valence-corrected chi connectivity index (χ2v) is 6.95. The lowest BCUT2D eigenvalue weighted by molar-refractivity contribution is 0.151. The standard InChI is InChI=1S/C19H25N5/c1-15-20-9-11-24(15)13-16-6-5-10-23(12-16)14-19-21-17-7-3-4-8-18(17)22(19)2/h3-4,7-9,11,16H,5-6,10,12-14H2,1-2H3/t16-/m0/s1. The summed E-state index contributed by atoms with van der Waals surface area (Å²) in [5.74, 6) is 2.97. The van der Waals surface area contributed by atoms with Crippen molar-refractivity contribution in [2.75, 3.05) is 13.1 Å². The lowest BCUT2D eigenvalue weighted by Gasteiger charge is -2.32. The Labute approximate surface area is 142 Å². The molecule has 0 spiro atoms. The first-order chi connectivity index (χ1) is 11.7. The van der Waals surface area contributed by atoms with Gasteiger partial charge in [-0.1, -0.05) is 12.1 Å². The van der Waals surface area contributed by atoms with Crippen LogP contribution in [0, 0.1) is 12.8 Å². The van der Waals surface area contributed by atoms with E-state index < -0.39 is 0 Å². The summed E-state index contributed by atoms with van der Waals surface area (Å²) >= 11 is 0. The van der Waals surface area contributed by atoms with Gasteiger partial charge in [-0.05, 0) is 44.4 Å². The molecule has 5 nitrogen and oxygen atoms in total. The quantitative estimate of drug-likeness (QED) is 0.741. The van der Waals surface area contributed by atoms with E-state index in [1.807, 2.05) is 6.20 Å². The second kappa shape index (κ2) is 6.40. The van der Waals surface area contributed by atoms with Crippen LogP contribution in [0.15, 0.2) is 36.7 Å². The van der Waals surface area contributed by atoms with Crippen molar-refractivity contribution in [3.05, 3.63) is 48.3 Å². The third-order valence-corrected chi connectivity index (χ3v) is 5.23. The van der Waals surface area contributed by atoms with E-state index in [4.69, 9.17) is 4.98 Å². The summed E-state index contributed by atoms with van der Waals surface area (Å²) < 4.78 is 4.52. The minimum Gasteiger partial charge on any atom is -0.335 e. The van der Waals surface area contributed by atoms with E-state index in [1.54, 1.807) is 0 Å². The molecule has 0 amide bonds. The van der Waals surface area contributed by atoms with Crippen LogP contribution in [0.3, 0.4) is 0 Å². The van der Waals surface area contributed by atoms with Gasteiger partial charge in [0.25, 0.3) is 0 Å². The zero-order valence-corrected chi connectivity index (χ0v) is 14.5. The van der Waals surface area contributed by atoms with E-state index in [0.717, 1.165) is 36.8 Å². The monoisotopic (exact) mass is 323 g/mol. The van der Waals surface area contributed by atoms with Gasteiger partial charge in [-0.3, -0.25) is 4.90 Å². The summed E-state index contributed by atoms with van der Waals surface area (Å²) in [4.78, 5) is 11.7. The number of imidazole rings is 2. The van der Waals surface area contributed by atoms with Crippen LogP contribution < -0.4 is 0 Å². The summed E-state index contributed by atoms with van der Waals surface area (Å²) in [7, 11) is 2.13. The van der Waals surface area contributed by atoms with Gasteiger partial charge >= 0.3 is 0 Å². The Bertz CT molecular complexity index is 831. The average Bonchev–Trinajstić information content (AvgIpc) is 3.13. The molecule has 1 aliphatic heterocycles. The highest BCUT2D eigenvalue weighted by Gasteiger charge is 2.22. The van der Waals surface area contributed by atoms with Gasteiger partial charge in [0.15, 0.2) is 0 Å². The van der Waals surface area contributed by atoms with E-state index >= 15 is 0 Å². The number of aryl methyl sites for hydroxylation is 2. The molecule has 4 rings (SSSR count). The van der Waals surface area contributed by atoms with Gasteiger partial charge in [0.1, 0.15) is 11.6 Å². The fourth-order valence-corrected chi connectivity index (χ4v) is 3.86. The molecule has 24 heavy (non-hydrogen) atoms. The minimum absolute atomic E-state index is 0.696. The Morgan fingerprint density at radius 2 is 2.12 bits per heavy atom. The van der Waals surface area contributed by atoms with E-state index in [0.29, 0.717) is 5.92 Å². The number of hydrogen-bond acceptors (Lipinski definition) is 3. The summed E-state index contributed by atoms with van der Waals surface area (Å²) in [6, 6.07) is 8.38. The molecule has 1 atom stereocenters. The molecule has 0 bridgehead atoms. The Hall–Kier alpha value is -2.14. The molecule has 1 aromatic carbocycles. The highest BCUT2D eigenvalue weighted by atomic mass is 15.2. The lowest BCUT2D eigenvalue weighted by Crippen LogP contribution is -2.37. The normalized spacial score (nSPS) is 19.2. The van der Waals surface area contributed by atoms with Crippen LogP contribution >= 0.6 is 0 Å². The number of likely N-dealkylation sites (tertiary alicyclic amines) is 1. The fourth-order valence-electron chi connectivity index (χ4n) is 3.86. The number of piperidine rings is 1. The maximum Gasteiger partial charge on any atom is 0.123 e. The summed E-state index contributed by atoms with van der Waals surface area (Å²) in [6.45, 7) is 6.40. The number of nitrogens with zero attached hydrogens (tertiary/aromatic N) is 5. The van der Waals surface area contributed by atoms with Crippen molar-refractivity contribution in [3.63, 3.8) is 0 Å². The van der Waals surface area contributed by atoms with Crippen LogP contribution in [0.4, 0.5) is 0 Å². The van der Waals surface area contributed by atoms with Crippen molar-refractivity contribution in [2.45, 2.75) is 32.9 Å². The van der Waals surface area contributed by atoms with Crippen LogP contribution in [0.2, 0.25) is 0 Å². The number of hydrogen-bond donors (Lipinski definition) is 0. The van der Waals surface area contributed by atoms with Crippen molar-refractivity contribution in [3.8, 4) is 0 Å². The molecule has 1 fully saturated rings. The molecule has 0 radical (unpaired) electrons. The van der Waals surface area contributed by atoms with Gasteiger partial charge in [-0.25, -0.2) is 9.97 Å². The van der Waals surface area contributed by atoms with Crippen LogP contribution in [0.5, 0.6) is 0 Å². The van der Waals surface area contributed by atoms with Crippen LogP contribution in [0.25, 0.3) is 11.0 Å². The van der Waals surface area contributed by atoms with Crippen molar-refractivity contribution >= 4 is 11.0 Å². The van der Waals surface area contributed by atoms with Crippen molar-refractivity contribution in [1.82, 2.24) is 24.0 Å². The third-order valence-electron chi connectivity index (χ3n) is 5.23. The number of rotatable bonds is 4. The topological polar surface area (TPSA) is 38.9 Å². The van der Waals surface area contributed by atoms with Gasteiger partial charge in [0, 0.05) is 32.5 Å². The molecule has 0 saturated carbocycles. The third kappa shape index (κ3) is 2.96. The minimum atomic E-state index is 0.696. The Morgan fingerprint density at radius 1 is 1.25 bits per heavy atom. The average molecular weight is 323 g/mol. The van der Waals surface area contributed by atoms with E-state index in [-0.39, 0.29) is 0 Å². The van der Waals surface area contributed by atoms with Crippen molar-refractivity contribution < 1.29 is 0 Å². The van der Waals surface area contributed by atoms with Crippen LogP contribution in [0.1, 0.15) is 24.5 Å². The SMILES string of the molecule is Cc1nccn1C[C@H]1CCCN(Cc2nc3ccccc3n2C)C1. The first kappa shape index (κ1) is 15.4. The summed E-state index contributed by atoms with van der Waals surface area (Å²) in [6.07, 6.45) is 6.56. The number of benzene rings is 1. The van der Waals surface area contributed by atoms with Crippen molar-refractivity contribution in [1.29, 1.82) is 0 Å². The number of para-hydroxylation sites is 2. The molecule has 0 N–H and O–H groups in total. The first-order valence-electron chi connectivity index (χ1n) is 8.81. The molecular formula is C19H25N5. The molecule has 126 valence electrons. The van der Waals surface area contributed by atoms with Gasteiger partial charge in [-0.15, -0.1) is 0 Å². The predicted molar refractivity (Wildman–Crippen MR) is 95.7 cm³/mol. The van der Waals surface area contributed by atoms with E-state index in [9.17, 15) is 0 Å². The Morgan fingerprint density at radius 3 is 2.92 bits per heavy atom. The van der Waals surface area contributed by atoms with Gasteiger partial charge in [0.05, 0.1) is 17.6 Å². The van der Waals surface area contributed by atoms with Crippen LogP contribution in [-0.4, -0.2) is 37.1 Å². The van der Waals surface area contributed by atoms with Gasteiger partial charge in [-0.2, -0.15) is 0 Å². The molecule has 0 aliphatic carbocycles. The first-order valence-corrected chi connectivity index (χ1v) is 8.81. The van der Waals surface area contributed by atoms with E-state index in [1.165, 1.54) is 24.9 Å². The second-order valence-electron chi connectivity index (χ2n) is 6.95. The predicted octanol–water partition coefficient (Wildman–Crippen LogP) is 2.99. The summed E-state index contributed by atoms with van der Waals surface area (Å²) in [5, 5.41) is 0. The molecule has 3 aromatic rings. The molecule has 1 saturated heterocycles. The molecule has 1 aliphatic rings. The highest BCUT2D eigenvalue weighted by Crippen LogP contribution is 2.22. The van der Waals surface area contributed by atoms with Crippen molar-refractivity contribution in [2.24, 2.45) is 13.0 Å². The largest absolute Gasteiger partial charge is 0.335 e. The molecule has 3 heterocycles. The van der Waals surface area contributed by atoms with Gasteiger partial charge < -0.3 is 9.13 Å². The summed E-state index contributed by atoms with van der Waals surface area (Å²) in [5.41, 5.74) is 2.31. The zero-order chi connectivity index (χ0) is 16.5. The van der Waals surface area contributed by atoms with Crippen LogP contribution in [-0.2, 0) is 20.1 Å². The highest BCUT2D eigenvalue weighted by molar-refractivity contribution is 5.75. The lowest BCUT2D eigenvalue weighted by atomic mass is 9.98. The Kier molecular flexibility index (Phi) is 4.10. The fraction of sp³-hybridized carbons (Fsp3) is 0.474. The zero-order valence-electron chi connectivity index (χ0n) is 14.5. The maximum absolute atomic E-state index is 4.83. The number of fused-ring (bicyclic) bond motifs is 1. The smallest absolute Gasteiger partial charge is 0.123 e. The maximum atomic E-state index is 4.83. The number of aromatic nitrogens is 4. The molecule has 2 aromatic heterocycles. The molecular weight excluding hydrogens is 298 g/mol. The van der Waals surface area contributed by atoms with E-state index in [2.05, 4.69) is 63.5 Å². The molecule has 0 unspecified atom stereocenters.